The first-order chi connectivity index (χ1) is 9.36. The molecule has 1 saturated heterocycles. The molecule has 0 aliphatic carbocycles. The summed E-state index contributed by atoms with van der Waals surface area (Å²) in [5.74, 6) is -0.0822. The van der Waals surface area contributed by atoms with Crippen molar-refractivity contribution in [3.05, 3.63) is 28.3 Å². The molecule has 1 aromatic carbocycles. The highest BCUT2D eigenvalue weighted by Gasteiger charge is 2.38. The Morgan fingerprint density at radius 1 is 1.40 bits per heavy atom. The van der Waals surface area contributed by atoms with Crippen molar-refractivity contribution in [3.8, 4) is 0 Å². The van der Waals surface area contributed by atoms with Crippen molar-refractivity contribution in [1.82, 2.24) is 5.32 Å². The van der Waals surface area contributed by atoms with Gasteiger partial charge in [-0.15, -0.1) is 0 Å². The number of amides is 1. The van der Waals surface area contributed by atoms with Crippen LogP contribution in [-0.2, 0) is 4.79 Å². The van der Waals surface area contributed by atoms with Crippen LogP contribution in [0.15, 0.2) is 18.2 Å². The second-order valence-corrected chi connectivity index (χ2v) is 5.21. The van der Waals surface area contributed by atoms with E-state index in [2.05, 4.69) is 10.6 Å². The second kappa shape index (κ2) is 4.99. The van der Waals surface area contributed by atoms with Gasteiger partial charge in [0, 0.05) is 43.6 Å². The zero-order valence-corrected chi connectivity index (χ0v) is 11.8. The van der Waals surface area contributed by atoms with Crippen molar-refractivity contribution in [1.29, 1.82) is 0 Å². The molecule has 0 aromatic heterocycles. The lowest BCUT2D eigenvalue weighted by atomic mass is 9.97. The van der Waals surface area contributed by atoms with Gasteiger partial charge in [-0.3, -0.25) is 14.9 Å². The number of nitrogens with zero attached hydrogens (tertiary/aromatic N) is 2. The summed E-state index contributed by atoms with van der Waals surface area (Å²) < 4.78 is 0. The largest absolute Gasteiger partial charge is 0.388 e. The number of nitro benzene ring substituents is 1. The van der Waals surface area contributed by atoms with Crippen LogP contribution in [-0.4, -0.2) is 36.5 Å². The summed E-state index contributed by atoms with van der Waals surface area (Å²) in [6.07, 6.45) is 0. The van der Waals surface area contributed by atoms with Crippen molar-refractivity contribution in [2.75, 3.05) is 30.4 Å². The Labute approximate surface area is 117 Å². The molecule has 0 radical (unpaired) electrons. The molecule has 0 atom stereocenters. The van der Waals surface area contributed by atoms with Gasteiger partial charge in [-0.05, 0) is 19.9 Å². The highest BCUT2D eigenvalue weighted by molar-refractivity contribution is 5.90. The lowest BCUT2D eigenvalue weighted by Gasteiger charge is -2.42. The molecule has 1 fully saturated rings. The van der Waals surface area contributed by atoms with Gasteiger partial charge >= 0.3 is 0 Å². The number of hydrogen-bond donors (Lipinski definition) is 2. The fraction of sp³-hybridized carbons (Fsp3) is 0.462. The fourth-order valence-corrected chi connectivity index (χ4v) is 2.35. The van der Waals surface area contributed by atoms with Crippen LogP contribution in [0, 0.1) is 10.1 Å². The molecule has 0 spiro atoms. The van der Waals surface area contributed by atoms with Crippen molar-refractivity contribution in [2.45, 2.75) is 19.4 Å². The average Bonchev–Trinajstić information content (AvgIpc) is 2.41. The van der Waals surface area contributed by atoms with Crippen LogP contribution in [0.1, 0.15) is 13.8 Å². The highest BCUT2D eigenvalue weighted by Crippen LogP contribution is 2.32. The number of nitro groups is 1. The SMILES string of the molecule is CNc1cc(N2CCNC(=O)C2(C)C)cc([N+](=O)[O-])c1. The summed E-state index contributed by atoms with van der Waals surface area (Å²) in [5, 5.41) is 16.7. The molecule has 1 aliphatic rings. The topological polar surface area (TPSA) is 87.5 Å². The van der Waals surface area contributed by atoms with Gasteiger partial charge < -0.3 is 15.5 Å². The maximum Gasteiger partial charge on any atom is 0.273 e. The minimum Gasteiger partial charge on any atom is -0.388 e. The Kier molecular flexibility index (Phi) is 3.52. The normalized spacial score (nSPS) is 17.6. The summed E-state index contributed by atoms with van der Waals surface area (Å²) in [6, 6.07) is 4.79. The van der Waals surface area contributed by atoms with Gasteiger partial charge in [0.15, 0.2) is 0 Å². The van der Waals surface area contributed by atoms with E-state index in [-0.39, 0.29) is 11.6 Å². The Balaban J connectivity index is 2.48. The van der Waals surface area contributed by atoms with Gasteiger partial charge in [-0.2, -0.15) is 0 Å². The van der Waals surface area contributed by atoms with Gasteiger partial charge in [-0.1, -0.05) is 0 Å². The standard InChI is InChI=1S/C13H18N4O3/c1-13(2)12(18)15-4-5-16(13)10-6-9(14-3)7-11(8-10)17(19)20/h6-8,14H,4-5H2,1-3H3,(H,15,18). The first kappa shape index (κ1) is 14.1. The van der Waals surface area contributed by atoms with E-state index in [9.17, 15) is 14.9 Å². The molecule has 2 N–H and O–H groups in total. The number of rotatable bonds is 3. The molecule has 1 heterocycles. The number of piperazine rings is 1. The van der Waals surface area contributed by atoms with E-state index >= 15 is 0 Å². The van der Waals surface area contributed by atoms with Gasteiger partial charge in [-0.25, -0.2) is 0 Å². The maximum absolute atomic E-state index is 12.0. The summed E-state index contributed by atoms with van der Waals surface area (Å²) in [6.45, 7) is 4.75. The number of non-ortho nitro benzene ring substituents is 1. The van der Waals surface area contributed by atoms with E-state index in [1.54, 1.807) is 20.9 Å². The summed E-state index contributed by atoms with van der Waals surface area (Å²) >= 11 is 0. The third kappa shape index (κ3) is 2.38. The highest BCUT2D eigenvalue weighted by atomic mass is 16.6. The number of nitrogens with one attached hydrogen (secondary N) is 2. The predicted molar refractivity (Wildman–Crippen MR) is 77.1 cm³/mol. The molecule has 108 valence electrons. The zero-order valence-electron chi connectivity index (χ0n) is 11.8. The van der Waals surface area contributed by atoms with Crippen molar-refractivity contribution >= 4 is 23.0 Å². The number of carbonyl (C=O) groups is 1. The van der Waals surface area contributed by atoms with Crippen LogP contribution in [0.4, 0.5) is 17.1 Å². The molecule has 0 bridgehead atoms. The molecule has 0 saturated carbocycles. The van der Waals surface area contributed by atoms with Crippen LogP contribution >= 0.6 is 0 Å². The summed E-state index contributed by atoms with van der Waals surface area (Å²) in [4.78, 5) is 24.4. The van der Waals surface area contributed by atoms with Gasteiger partial charge in [0.1, 0.15) is 5.54 Å². The van der Waals surface area contributed by atoms with Crippen molar-refractivity contribution < 1.29 is 9.72 Å². The van der Waals surface area contributed by atoms with Crippen molar-refractivity contribution in [2.24, 2.45) is 0 Å². The molecule has 2 rings (SSSR count). The van der Waals surface area contributed by atoms with Crippen LogP contribution in [0.2, 0.25) is 0 Å². The van der Waals surface area contributed by atoms with E-state index in [1.165, 1.54) is 12.1 Å². The number of anilines is 2. The Bertz CT molecular complexity index is 557. The van der Waals surface area contributed by atoms with E-state index in [1.807, 2.05) is 11.0 Å². The maximum atomic E-state index is 12.0. The number of benzene rings is 1. The molecule has 1 amide bonds. The summed E-state index contributed by atoms with van der Waals surface area (Å²) in [5.41, 5.74) is 0.589. The molecule has 7 heteroatoms. The molecular formula is C13H18N4O3. The zero-order chi connectivity index (χ0) is 14.9. The van der Waals surface area contributed by atoms with Gasteiger partial charge in [0.2, 0.25) is 5.91 Å². The van der Waals surface area contributed by atoms with Gasteiger partial charge in [0.25, 0.3) is 5.69 Å². The van der Waals surface area contributed by atoms with E-state index < -0.39 is 10.5 Å². The predicted octanol–water partition coefficient (Wildman–Crippen LogP) is 1.35. The van der Waals surface area contributed by atoms with Crippen molar-refractivity contribution in [3.63, 3.8) is 0 Å². The van der Waals surface area contributed by atoms with Gasteiger partial charge in [0.05, 0.1) is 4.92 Å². The lowest BCUT2D eigenvalue weighted by molar-refractivity contribution is -0.384. The fourth-order valence-electron chi connectivity index (χ4n) is 2.35. The number of hydrogen-bond acceptors (Lipinski definition) is 5. The molecule has 20 heavy (non-hydrogen) atoms. The quantitative estimate of drug-likeness (QED) is 0.643. The molecule has 0 unspecified atom stereocenters. The molecule has 7 nitrogen and oxygen atoms in total. The minimum absolute atomic E-state index is 0.00799. The average molecular weight is 278 g/mol. The van der Waals surface area contributed by atoms with Crippen LogP contribution < -0.4 is 15.5 Å². The Morgan fingerprint density at radius 2 is 2.10 bits per heavy atom. The van der Waals surface area contributed by atoms with Crippen LogP contribution in [0.5, 0.6) is 0 Å². The first-order valence-corrected chi connectivity index (χ1v) is 6.39. The van der Waals surface area contributed by atoms with E-state index in [0.29, 0.717) is 24.5 Å². The second-order valence-electron chi connectivity index (χ2n) is 5.21. The molecular weight excluding hydrogens is 260 g/mol. The van der Waals surface area contributed by atoms with E-state index in [4.69, 9.17) is 0 Å². The monoisotopic (exact) mass is 278 g/mol. The third-order valence-corrected chi connectivity index (χ3v) is 3.57. The molecule has 1 aliphatic heterocycles. The first-order valence-electron chi connectivity index (χ1n) is 6.39. The van der Waals surface area contributed by atoms with Crippen LogP contribution in [0.25, 0.3) is 0 Å². The van der Waals surface area contributed by atoms with E-state index in [0.717, 1.165) is 0 Å². The Morgan fingerprint density at radius 3 is 2.70 bits per heavy atom. The summed E-state index contributed by atoms with van der Waals surface area (Å²) in [7, 11) is 1.71. The lowest BCUT2D eigenvalue weighted by Crippen LogP contribution is -2.62. The Hall–Kier alpha value is -2.31. The molecule has 1 aromatic rings. The number of carbonyl (C=O) groups excluding carboxylic acids is 1. The minimum atomic E-state index is -0.738. The third-order valence-electron chi connectivity index (χ3n) is 3.57. The smallest absolute Gasteiger partial charge is 0.273 e. The van der Waals surface area contributed by atoms with Crippen LogP contribution in [0.3, 0.4) is 0 Å².